The van der Waals surface area contributed by atoms with E-state index in [1.807, 2.05) is 19.9 Å². The molecule has 0 radical (unpaired) electrons. The van der Waals surface area contributed by atoms with E-state index in [1.54, 1.807) is 17.0 Å². The molecule has 1 unspecified atom stereocenters. The number of pyridine rings is 1. The van der Waals surface area contributed by atoms with Crippen LogP contribution in [0.2, 0.25) is 5.02 Å². The van der Waals surface area contributed by atoms with Gasteiger partial charge in [-0.1, -0.05) is 23.2 Å². The number of nitrogens with one attached hydrogen (secondary N) is 3. The third-order valence-corrected chi connectivity index (χ3v) is 5.59. The van der Waals surface area contributed by atoms with Crippen molar-refractivity contribution in [1.29, 1.82) is 5.41 Å². The minimum atomic E-state index is -0.471. The van der Waals surface area contributed by atoms with Crippen LogP contribution in [0.25, 0.3) is 0 Å². The summed E-state index contributed by atoms with van der Waals surface area (Å²) in [6.45, 7) is 4.18. The number of H-pyrrole nitrogens is 1. The third-order valence-electron chi connectivity index (χ3n) is 5.37. The van der Waals surface area contributed by atoms with Crippen molar-refractivity contribution in [3.05, 3.63) is 57.0 Å². The zero-order valence-electron chi connectivity index (χ0n) is 17.9. The smallest absolute Gasteiger partial charge is 0.271 e. The summed E-state index contributed by atoms with van der Waals surface area (Å²) in [7, 11) is 0. The Hall–Kier alpha value is -3.33. The Morgan fingerprint density at radius 1 is 1.34 bits per heavy atom. The lowest BCUT2D eigenvalue weighted by molar-refractivity contribution is -0.121. The van der Waals surface area contributed by atoms with E-state index < -0.39 is 11.5 Å². The van der Waals surface area contributed by atoms with Crippen molar-refractivity contribution in [3.8, 4) is 0 Å². The largest absolute Gasteiger partial charge is 0.335 e. The van der Waals surface area contributed by atoms with E-state index in [-0.39, 0.29) is 36.6 Å². The first-order valence-electron chi connectivity index (χ1n) is 10.3. The van der Waals surface area contributed by atoms with Gasteiger partial charge in [-0.2, -0.15) is 10.2 Å². The van der Waals surface area contributed by atoms with Crippen molar-refractivity contribution in [2.75, 3.05) is 18.4 Å². The quantitative estimate of drug-likeness (QED) is 0.449. The molecule has 1 saturated heterocycles. The first kappa shape index (κ1) is 23.3. The van der Waals surface area contributed by atoms with Crippen molar-refractivity contribution < 1.29 is 9.59 Å². The summed E-state index contributed by atoms with van der Waals surface area (Å²) in [5, 5.41) is 18.0. The Morgan fingerprint density at radius 3 is 2.88 bits per heavy atom. The predicted molar refractivity (Wildman–Crippen MR) is 123 cm³/mol. The molecular formula is C22H25ClN6O3. The Morgan fingerprint density at radius 2 is 2.12 bits per heavy atom. The Bertz CT molecular complexity index is 1110. The number of nitrogens with zero attached hydrogens (tertiary/aromatic N) is 3. The number of amides is 2. The molecule has 1 aromatic carbocycles. The number of carbonyl (C=O) groups is 2. The van der Waals surface area contributed by atoms with Crippen LogP contribution in [-0.4, -0.2) is 47.0 Å². The van der Waals surface area contributed by atoms with E-state index in [1.165, 1.54) is 12.3 Å². The highest BCUT2D eigenvalue weighted by atomic mass is 35.5. The van der Waals surface area contributed by atoms with Crippen LogP contribution in [0.4, 0.5) is 11.4 Å². The molecule has 32 heavy (non-hydrogen) atoms. The topological polar surface area (TPSA) is 131 Å². The van der Waals surface area contributed by atoms with Crippen molar-refractivity contribution >= 4 is 41.0 Å². The van der Waals surface area contributed by atoms with Crippen LogP contribution in [-0.2, 0) is 4.79 Å². The number of azo groups is 1. The number of anilines is 1. The van der Waals surface area contributed by atoms with Crippen molar-refractivity contribution in [1.82, 2.24) is 9.88 Å². The highest BCUT2D eigenvalue weighted by Crippen LogP contribution is 2.29. The third kappa shape index (κ3) is 5.47. The first-order valence-corrected chi connectivity index (χ1v) is 10.6. The number of likely N-dealkylation sites (tertiary alicyclic amines) is 1. The molecule has 2 amide bonds. The van der Waals surface area contributed by atoms with Crippen LogP contribution in [0.5, 0.6) is 0 Å². The van der Waals surface area contributed by atoms with E-state index in [0.717, 1.165) is 11.8 Å². The molecule has 0 spiro atoms. The van der Waals surface area contributed by atoms with Gasteiger partial charge in [-0.25, -0.2) is 0 Å². The Kier molecular flexibility index (Phi) is 7.53. The zero-order chi connectivity index (χ0) is 23.3. The highest BCUT2D eigenvalue weighted by Gasteiger charge is 2.34. The SMILES string of the molecule is Cc1ccc(N=NCC=N)c(C(=O)N2CC(C(=O)Nc3cc(Cl)c[nH]c3=O)CC[C@H]2C)c1. The molecule has 2 aromatic rings. The standard InChI is InChI=1S/C22H25ClN6O3/c1-13-3-6-18(28-26-8-7-24)17(9-13)22(32)29-12-15(5-4-14(29)2)20(30)27-19-10-16(23)11-25-21(19)31/h3,6-7,9-11,14-15,24H,4-5,8,12H2,1-2H3,(H,25,31)(H,27,30)/t14-,15?/m1/s1. The summed E-state index contributed by atoms with van der Waals surface area (Å²) in [5.41, 5.74) is 1.36. The van der Waals surface area contributed by atoms with E-state index in [0.29, 0.717) is 29.1 Å². The summed E-state index contributed by atoms with van der Waals surface area (Å²) in [6, 6.07) is 6.65. The second-order valence-corrected chi connectivity index (χ2v) is 8.22. The van der Waals surface area contributed by atoms with Gasteiger partial charge in [0, 0.05) is 25.0 Å². The van der Waals surface area contributed by atoms with Gasteiger partial charge in [0.15, 0.2) is 0 Å². The molecule has 1 fully saturated rings. The predicted octanol–water partition coefficient (Wildman–Crippen LogP) is 3.95. The molecule has 1 aliphatic rings. The number of carbonyl (C=O) groups excluding carboxylic acids is 2. The maximum absolute atomic E-state index is 13.4. The van der Waals surface area contributed by atoms with Gasteiger partial charge in [0.1, 0.15) is 5.69 Å². The minimum absolute atomic E-state index is 0.0620. The second-order valence-electron chi connectivity index (χ2n) is 7.78. The van der Waals surface area contributed by atoms with Gasteiger partial charge in [-0.3, -0.25) is 14.4 Å². The van der Waals surface area contributed by atoms with Crippen LogP contribution in [0, 0.1) is 18.3 Å². The average molecular weight is 457 g/mol. The normalized spacial score (nSPS) is 18.5. The van der Waals surface area contributed by atoms with Crippen LogP contribution >= 0.6 is 11.6 Å². The van der Waals surface area contributed by atoms with Crippen molar-refractivity contribution in [2.24, 2.45) is 16.1 Å². The molecule has 3 rings (SSSR count). The summed E-state index contributed by atoms with van der Waals surface area (Å²) < 4.78 is 0. The van der Waals surface area contributed by atoms with Crippen LogP contribution in [0.15, 0.2) is 45.5 Å². The molecule has 168 valence electrons. The van der Waals surface area contributed by atoms with Gasteiger partial charge < -0.3 is 20.6 Å². The minimum Gasteiger partial charge on any atom is -0.335 e. The summed E-state index contributed by atoms with van der Waals surface area (Å²) >= 11 is 5.91. The number of aromatic amines is 1. The Labute approximate surface area is 190 Å². The molecule has 10 heteroatoms. The lowest BCUT2D eigenvalue weighted by Crippen LogP contribution is -2.48. The lowest BCUT2D eigenvalue weighted by Gasteiger charge is -2.37. The van der Waals surface area contributed by atoms with E-state index in [9.17, 15) is 14.4 Å². The summed E-state index contributed by atoms with van der Waals surface area (Å²) in [4.78, 5) is 42.3. The fourth-order valence-corrected chi connectivity index (χ4v) is 3.77. The number of benzene rings is 1. The molecule has 0 aliphatic carbocycles. The van der Waals surface area contributed by atoms with Gasteiger partial charge in [-0.15, -0.1) is 0 Å². The van der Waals surface area contributed by atoms with Gasteiger partial charge in [0.05, 0.1) is 28.7 Å². The maximum atomic E-state index is 13.4. The number of aromatic nitrogens is 1. The van der Waals surface area contributed by atoms with Crippen molar-refractivity contribution in [3.63, 3.8) is 0 Å². The van der Waals surface area contributed by atoms with Crippen molar-refractivity contribution in [2.45, 2.75) is 32.7 Å². The molecule has 1 aromatic heterocycles. The number of rotatable bonds is 6. The monoisotopic (exact) mass is 456 g/mol. The molecule has 0 bridgehead atoms. The fourth-order valence-electron chi connectivity index (χ4n) is 3.61. The van der Waals surface area contributed by atoms with E-state index in [4.69, 9.17) is 17.0 Å². The van der Waals surface area contributed by atoms with Crippen LogP contribution < -0.4 is 10.9 Å². The van der Waals surface area contributed by atoms with Gasteiger partial charge in [-0.05, 0) is 44.9 Å². The molecule has 2 heterocycles. The molecule has 3 N–H and O–H groups in total. The maximum Gasteiger partial charge on any atom is 0.271 e. The van der Waals surface area contributed by atoms with Crippen LogP contribution in [0.1, 0.15) is 35.7 Å². The molecule has 1 aliphatic heterocycles. The van der Waals surface area contributed by atoms with E-state index in [2.05, 4.69) is 20.5 Å². The molecule has 2 atom stereocenters. The highest BCUT2D eigenvalue weighted by molar-refractivity contribution is 6.30. The van der Waals surface area contributed by atoms with Gasteiger partial charge in [0.2, 0.25) is 5.91 Å². The first-order chi connectivity index (χ1) is 15.3. The molecule has 0 saturated carbocycles. The summed E-state index contributed by atoms with van der Waals surface area (Å²) in [5.74, 6) is -1.04. The van der Waals surface area contributed by atoms with Gasteiger partial charge >= 0.3 is 0 Å². The molecule has 9 nitrogen and oxygen atoms in total. The fraction of sp³-hybridized carbons (Fsp3) is 0.364. The second kappa shape index (κ2) is 10.3. The summed E-state index contributed by atoms with van der Waals surface area (Å²) in [6.07, 6.45) is 3.71. The zero-order valence-corrected chi connectivity index (χ0v) is 18.6. The number of hydrogen-bond donors (Lipinski definition) is 3. The number of halogens is 1. The lowest BCUT2D eigenvalue weighted by atomic mass is 9.91. The average Bonchev–Trinajstić information content (AvgIpc) is 2.77. The number of aryl methyl sites for hydroxylation is 1. The number of piperidine rings is 1. The Balaban J connectivity index is 1.81. The van der Waals surface area contributed by atoms with Crippen LogP contribution in [0.3, 0.4) is 0 Å². The molecular weight excluding hydrogens is 432 g/mol. The number of hydrogen-bond acceptors (Lipinski definition) is 6. The van der Waals surface area contributed by atoms with E-state index >= 15 is 0 Å². The van der Waals surface area contributed by atoms with Gasteiger partial charge in [0.25, 0.3) is 11.5 Å².